The molecule has 1 fully saturated rings. The Morgan fingerprint density at radius 3 is 2.50 bits per heavy atom. The molecule has 1 aliphatic rings. The molecule has 1 aromatic rings. The van der Waals surface area contributed by atoms with Crippen LogP contribution >= 0.6 is 22.6 Å². The van der Waals surface area contributed by atoms with Gasteiger partial charge in [-0.05, 0) is 59.7 Å². The molecular weight excluding hydrogens is 339 g/mol. The van der Waals surface area contributed by atoms with E-state index in [9.17, 15) is 4.79 Å². The summed E-state index contributed by atoms with van der Waals surface area (Å²) >= 11 is 2.21. The van der Waals surface area contributed by atoms with E-state index in [1.54, 1.807) is 4.90 Å². The fraction of sp³-hybridized carbons (Fsp3) is 0.429. The standard InChI is InChI=1S/C14H15IN2O/c15-12-7-5-11(6-8-12)14(18)17(10-9-16)13-3-1-2-4-13/h5-8,13H,1-4,10H2. The maximum absolute atomic E-state index is 12.4. The molecule has 4 heteroatoms. The number of hydrogen-bond acceptors (Lipinski definition) is 2. The van der Waals surface area contributed by atoms with Crippen molar-refractivity contribution >= 4 is 28.5 Å². The van der Waals surface area contributed by atoms with Gasteiger partial charge >= 0.3 is 0 Å². The summed E-state index contributed by atoms with van der Waals surface area (Å²) in [6.07, 6.45) is 4.37. The van der Waals surface area contributed by atoms with Gasteiger partial charge in [-0.15, -0.1) is 0 Å². The third-order valence-electron chi connectivity index (χ3n) is 3.36. The highest BCUT2D eigenvalue weighted by Gasteiger charge is 2.27. The highest BCUT2D eigenvalue weighted by molar-refractivity contribution is 14.1. The van der Waals surface area contributed by atoms with Crippen LogP contribution in [0.1, 0.15) is 36.0 Å². The molecule has 1 aliphatic carbocycles. The Balaban J connectivity index is 2.17. The van der Waals surface area contributed by atoms with E-state index in [2.05, 4.69) is 28.7 Å². The number of halogens is 1. The van der Waals surface area contributed by atoms with Crippen LogP contribution in [-0.4, -0.2) is 23.4 Å². The van der Waals surface area contributed by atoms with Gasteiger partial charge in [0, 0.05) is 15.2 Å². The Morgan fingerprint density at radius 2 is 1.94 bits per heavy atom. The second-order valence-electron chi connectivity index (χ2n) is 4.54. The predicted molar refractivity (Wildman–Crippen MR) is 78.1 cm³/mol. The summed E-state index contributed by atoms with van der Waals surface area (Å²) in [5.74, 6) is -0.0140. The van der Waals surface area contributed by atoms with Gasteiger partial charge in [0.05, 0.1) is 6.07 Å². The van der Waals surface area contributed by atoms with Gasteiger partial charge in [0.25, 0.3) is 5.91 Å². The van der Waals surface area contributed by atoms with Gasteiger partial charge in [0.1, 0.15) is 6.54 Å². The van der Waals surface area contributed by atoms with Gasteiger partial charge < -0.3 is 4.90 Å². The lowest BCUT2D eigenvalue weighted by molar-refractivity contribution is 0.0709. The molecule has 1 amide bonds. The zero-order valence-corrected chi connectivity index (χ0v) is 12.3. The molecule has 0 aliphatic heterocycles. The molecule has 94 valence electrons. The molecule has 0 atom stereocenters. The van der Waals surface area contributed by atoms with Crippen LogP contribution in [0.2, 0.25) is 0 Å². The van der Waals surface area contributed by atoms with Crippen molar-refractivity contribution in [1.82, 2.24) is 4.90 Å². The molecular formula is C14H15IN2O. The minimum Gasteiger partial charge on any atom is -0.322 e. The highest BCUT2D eigenvalue weighted by Crippen LogP contribution is 2.24. The minimum absolute atomic E-state index is 0.0140. The maximum Gasteiger partial charge on any atom is 0.254 e. The molecule has 18 heavy (non-hydrogen) atoms. The van der Waals surface area contributed by atoms with Crippen molar-refractivity contribution in [3.05, 3.63) is 33.4 Å². The first-order chi connectivity index (χ1) is 8.72. The van der Waals surface area contributed by atoms with Crippen LogP contribution < -0.4 is 0 Å². The lowest BCUT2D eigenvalue weighted by Gasteiger charge is -2.26. The summed E-state index contributed by atoms with van der Waals surface area (Å²) in [6, 6.07) is 9.88. The number of benzene rings is 1. The fourth-order valence-electron chi connectivity index (χ4n) is 2.42. The number of nitrogens with zero attached hydrogens (tertiary/aromatic N) is 2. The smallest absolute Gasteiger partial charge is 0.254 e. The van der Waals surface area contributed by atoms with E-state index in [4.69, 9.17) is 5.26 Å². The summed E-state index contributed by atoms with van der Waals surface area (Å²) in [5.41, 5.74) is 0.678. The Bertz CT molecular complexity index is 458. The number of amides is 1. The summed E-state index contributed by atoms with van der Waals surface area (Å²) in [6.45, 7) is 0.190. The lowest BCUT2D eigenvalue weighted by atomic mass is 10.1. The van der Waals surface area contributed by atoms with Crippen molar-refractivity contribution in [2.45, 2.75) is 31.7 Å². The maximum atomic E-state index is 12.4. The molecule has 0 bridgehead atoms. The SMILES string of the molecule is N#CCN(C(=O)c1ccc(I)cc1)C1CCCC1. The van der Waals surface area contributed by atoms with E-state index in [-0.39, 0.29) is 18.5 Å². The number of nitriles is 1. The molecule has 0 unspecified atom stereocenters. The highest BCUT2D eigenvalue weighted by atomic mass is 127. The molecule has 1 saturated carbocycles. The molecule has 2 rings (SSSR count). The van der Waals surface area contributed by atoms with E-state index >= 15 is 0 Å². The molecule has 0 saturated heterocycles. The third kappa shape index (κ3) is 3.02. The monoisotopic (exact) mass is 354 g/mol. The number of carbonyl (C=O) groups excluding carboxylic acids is 1. The van der Waals surface area contributed by atoms with Gasteiger partial charge in [-0.2, -0.15) is 5.26 Å². The minimum atomic E-state index is -0.0140. The van der Waals surface area contributed by atoms with Crippen molar-refractivity contribution < 1.29 is 4.79 Å². The van der Waals surface area contributed by atoms with Crippen molar-refractivity contribution in [3.8, 4) is 6.07 Å². The van der Waals surface area contributed by atoms with Crippen LogP contribution in [-0.2, 0) is 0 Å². The Hall–Kier alpha value is -1.09. The van der Waals surface area contributed by atoms with Crippen molar-refractivity contribution in [2.75, 3.05) is 6.54 Å². The topological polar surface area (TPSA) is 44.1 Å². The van der Waals surface area contributed by atoms with Gasteiger partial charge in [0.15, 0.2) is 0 Å². The zero-order chi connectivity index (χ0) is 13.0. The Labute approximate surface area is 121 Å². The first-order valence-electron chi connectivity index (χ1n) is 6.16. The van der Waals surface area contributed by atoms with Crippen LogP contribution in [0.15, 0.2) is 24.3 Å². The third-order valence-corrected chi connectivity index (χ3v) is 4.08. The zero-order valence-electron chi connectivity index (χ0n) is 10.1. The van der Waals surface area contributed by atoms with E-state index in [1.165, 1.54) is 0 Å². The molecule has 0 N–H and O–H groups in total. The van der Waals surface area contributed by atoms with Gasteiger partial charge in [-0.3, -0.25) is 4.79 Å². The van der Waals surface area contributed by atoms with E-state index in [0.29, 0.717) is 5.56 Å². The van der Waals surface area contributed by atoms with Crippen molar-refractivity contribution in [1.29, 1.82) is 5.26 Å². The van der Waals surface area contributed by atoms with Crippen LogP contribution in [0, 0.1) is 14.9 Å². The molecule has 3 nitrogen and oxygen atoms in total. The molecule has 0 spiro atoms. The largest absolute Gasteiger partial charge is 0.322 e. The quantitative estimate of drug-likeness (QED) is 0.618. The van der Waals surface area contributed by atoms with E-state index in [1.807, 2.05) is 24.3 Å². The van der Waals surface area contributed by atoms with Crippen LogP contribution in [0.4, 0.5) is 0 Å². The molecule has 1 aromatic carbocycles. The summed E-state index contributed by atoms with van der Waals surface area (Å²) in [7, 11) is 0. The lowest BCUT2D eigenvalue weighted by Crippen LogP contribution is -2.39. The number of rotatable bonds is 3. The average molecular weight is 354 g/mol. The second kappa shape index (κ2) is 6.19. The first kappa shape index (κ1) is 13.3. The first-order valence-corrected chi connectivity index (χ1v) is 7.23. The van der Waals surface area contributed by atoms with Crippen molar-refractivity contribution in [2.24, 2.45) is 0 Å². The normalized spacial score (nSPS) is 15.3. The summed E-state index contributed by atoms with van der Waals surface area (Å²) < 4.78 is 1.11. The average Bonchev–Trinajstić information content (AvgIpc) is 2.90. The van der Waals surface area contributed by atoms with E-state index in [0.717, 1.165) is 29.3 Å². The van der Waals surface area contributed by atoms with Crippen molar-refractivity contribution in [3.63, 3.8) is 0 Å². The number of carbonyl (C=O) groups is 1. The van der Waals surface area contributed by atoms with E-state index < -0.39 is 0 Å². The Kier molecular flexibility index (Phi) is 4.59. The second-order valence-corrected chi connectivity index (χ2v) is 5.78. The molecule has 0 heterocycles. The summed E-state index contributed by atoms with van der Waals surface area (Å²) in [4.78, 5) is 14.1. The fourth-order valence-corrected chi connectivity index (χ4v) is 2.78. The van der Waals surface area contributed by atoms with Crippen LogP contribution in [0.5, 0.6) is 0 Å². The summed E-state index contributed by atoms with van der Waals surface area (Å²) in [5, 5.41) is 8.89. The van der Waals surface area contributed by atoms with Crippen LogP contribution in [0.25, 0.3) is 0 Å². The van der Waals surface area contributed by atoms with Gasteiger partial charge in [-0.25, -0.2) is 0 Å². The molecule has 0 aromatic heterocycles. The van der Waals surface area contributed by atoms with Gasteiger partial charge in [0.2, 0.25) is 0 Å². The van der Waals surface area contributed by atoms with Crippen LogP contribution in [0.3, 0.4) is 0 Å². The predicted octanol–water partition coefficient (Wildman–Crippen LogP) is 3.20. The molecule has 0 radical (unpaired) electrons. The Morgan fingerprint density at radius 1 is 1.33 bits per heavy atom. The number of hydrogen-bond donors (Lipinski definition) is 0. The van der Waals surface area contributed by atoms with Gasteiger partial charge in [-0.1, -0.05) is 12.8 Å².